The Bertz CT molecular complexity index is 1350. The number of ether oxygens (including phenoxy) is 1. The number of Topliss-reactive ketones (excluding diaryl/α,β-unsaturated/α-hetero) is 1. The number of carbonyl (C=O) groups is 1. The minimum absolute atomic E-state index is 0. The van der Waals surface area contributed by atoms with Gasteiger partial charge < -0.3 is 9.84 Å². The number of benzene rings is 2. The lowest BCUT2D eigenvalue weighted by molar-refractivity contribution is -0.138. The third kappa shape index (κ3) is 17.6. The van der Waals surface area contributed by atoms with Gasteiger partial charge in [-0.15, -0.1) is 0 Å². The summed E-state index contributed by atoms with van der Waals surface area (Å²) in [5, 5.41) is 18.0. The van der Waals surface area contributed by atoms with E-state index in [2.05, 4.69) is 18.8 Å². The number of halogens is 4. The van der Waals surface area contributed by atoms with Crippen LogP contribution < -0.4 is 0 Å². The average molecular weight is 635 g/mol. The van der Waals surface area contributed by atoms with E-state index in [4.69, 9.17) is 15.1 Å². The molecule has 2 aromatic rings. The lowest BCUT2D eigenvalue weighted by atomic mass is 10.0. The van der Waals surface area contributed by atoms with Crippen molar-refractivity contribution in [3.8, 4) is 11.8 Å². The van der Waals surface area contributed by atoms with Crippen molar-refractivity contribution >= 4 is 17.1 Å². The molecular weight excluding hydrogens is 584 g/mol. The second-order valence-corrected chi connectivity index (χ2v) is 9.13. The molecule has 5 nitrogen and oxygen atoms in total. The number of nitrogens with zero attached hydrogens (tertiary/aromatic N) is 2. The van der Waals surface area contributed by atoms with Crippen LogP contribution in [0.4, 0.5) is 17.6 Å². The number of carbonyl (C=O) groups excluding carboxylic acids is 1. The second-order valence-electron chi connectivity index (χ2n) is 9.13. The fourth-order valence-electron chi connectivity index (χ4n) is 3.05. The highest BCUT2D eigenvalue weighted by Gasteiger charge is 2.33. The van der Waals surface area contributed by atoms with Crippen molar-refractivity contribution in [3.05, 3.63) is 94.2 Å². The number of ketones is 1. The number of aromatic hydroxyl groups is 1. The minimum Gasteiger partial charge on any atom is -0.507 e. The molecule has 0 atom stereocenters. The van der Waals surface area contributed by atoms with E-state index in [1.807, 2.05) is 27.7 Å². The molecule has 0 aliphatic heterocycles. The number of allylic oxidation sites excluding steroid dienone is 6. The maximum atomic E-state index is 13.5. The molecule has 250 valence electrons. The Morgan fingerprint density at radius 2 is 1.60 bits per heavy atom. The fraction of sp³-hybridized carbons (Fsp3) is 0.417. The zero-order valence-electron chi connectivity index (χ0n) is 27.5. The zero-order valence-corrected chi connectivity index (χ0v) is 27.5. The van der Waals surface area contributed by atoms with Crippen LogP contribution in [0, 0.1) is 17.1 Å². The highest BCUT2D eigenvalue weighted by Crippen LogP contribution is 2.35. The van der Waals surface area contributed by atoms with Crippen LogP contribution in [0.25, 0.3) is 5.57 Å². The number of unbranched alkanes of at least 4 members (excludes halogenated alkanes) is 1. The normalized spacial score (nSPS) is 11.7. The predicted octanol–water partition coefficient (Wildman–Crippen LogP) is 11.0. The SMILES string of the molecule is C.CC.CCCC.CCc1ccc(C(F)(F)F)c(O)c1.CO/C(C)=C/C=C\C(C)=N/C(C(C)=O)=C(\C)c1ccc(F)c(C#N)c1. The fourth-order valence-corrected chi connectivity index (χ4v) is 3.05. The first kappa shape index (κ1) is 45.2. The van der Waals surface area contributed by atoms with Gasteiger partial charge in [0.05, 0.1) is 24.0 Å². The average Bonchev–Trinajstić information content (AvgIpc) is 3.00. The van der Waals surface area contributed by atoms with Crippen LogP contribution in [0.1, 0.15) is 105 Å². The highest BCUT2D eigenvalue weighted by atomic mass is 19.4. The van der Waals surface area contributed by atoms with Crippen LogP contribution in [0.3, 0.4) is 0 Å². The molecule has 0 unspecified atom stereocenters. The molecule has 0 spiro atoms. The van der Waals surface area contributed by atoms with Crippen molar-refractivity contribution in [1.82, 2.24) is 0 Å². The van der Waals surface area contributed by atoms with Crippen molar-refractivity contribution in [2.45, 2.75) is 95.2 Å². The molecule has 0 saturated carbocycles. The topological polar surface area (TPSA) is 82.7 Å². The molecule has 0 aliphatic carbocycles. The van der Waals surface area contributed by atoms with Crippen LogP contribution >= 0.6 is 0 Å². The zero-order chi connectivity index (χ0) is 34.5. The highest BCUT2D eigenvalue weighted by molar-refractivity contribution is 6.05. The molecule has 9 heteroatoms. The van der Waals surface area contributed by atoms with Crippen molar-refractivity contribution in [2.75, 3.05) is 7.11 Å². The first-order valence-corrected chi connectivity index (χ1v) is 14.4. The Balaban J connectivity index is -0.000000736. The van der Waals surface area contributed by atoms with Crippen molar-refractivity contribution in [1.29, 1.82) is 5.26 Å². The number of hydrogen-bond donors (Lipinski definition) is 1. The molecule has 0 amide bonds. The summed E-state index contributed by atoms with van der Waals surface area (Å²) in [6.45, 7) is 16.9. The number of aliphatic imine (C=N–C) groups is 1. The standard InChI is InChI=1S/C20H21FN2O2.C9H9F3O.C4H10.C2H6.CH4/c1-13(7-6-8-14(2)25-5)23-20(16(4)24)15(3)17-9-10-19(21)18(11-17)12-22;1-2-6-3-4-7(8(13)5-6)9(10,11)12;1-3-4-2;1-2;/h6-11H,1-5H3;3-5,13H,2H2,1H3;3-4H2,1-2H3;1-2H3;1H4/b7-6-,14-8+,20-15+,23-13-;;;;. The van der Waals surface area contributed by atoms with Crippen LogP contribution in [0.15, 0.2) is 71.1 Å². The van der Waals surface area contributed by atoms with Gasteiger partial charge in [0.1, 0.15) is 23.3 Å². The number of aryl methyl sites for hydroxylation is 1. The molecule has 2 aromatic carbocycles. The van der Waals surface area contributed by atoms with Crippen LogP contribution in [-0.4, -0.2) is 23.7 Å². The Kier molecular flexibility index (Phi) is 24.3. The van der Waals surface area contributed by atoms with E-state index >= 15 is 0 Å². The minimum atomic E-state index is -4.48. The Morgan fingerprint density at radius 1 is 1.02 bits per heavy atom. The lowest BCUT2D eigenvalue weighted by Gasteiger charge is -2.09. The van der Waals surface area contributed by atoms with Gasteiger partial charge in [0.15, 0.2) is 5.78 Å². The van der Waals surface area contributed by atoms with Crippen LogP contribution in [-0.2, 0) is 22.1 Å². The summed E-state index contributed by atoms with van der Waals surface area (Å²) in [6, 6.07) is 9.35. The van der Waals surface area contributed by atoms with Gasteiger partial charge in [-0.25, -0.2) is 9.38 Å². The van der Waals surface area contributed by atoms with E-state index in [0.717, 1.165) is 17.9 Å². The summed E-state index contributed by atoms with van der Waals surface area (Å²) in [5.74, 6) is -0.757. The summed E-state index contributed by atoms with van der Waals surface area (Å²) >= 11 is 0. The molecule has 0 aromatic heterocycles. The Morgan fingerprint density at radius 3 is 2.02 bits per heavy atom. The van der Waals surface area contributed by atoms with Crippen LogP contribution in [0.5, 0.6) is 5.75 Å². The van der Waals surface area contributed by atoms with Gasteiger partial charge in [0.25, 0.3) is 0 Å². The van der Waals surface area contributed by atoms with Gasteiger partial charge in [-0.1, -0.05) is 73.1 Å². The summed E-state index contributed by atoms with van der Waals surface area (Å²) in [4.78, 5) is 16.4. The van der Waals surface area contributed by atoms with Gasteiger partial charge in [0, 0.05) is 12.6 Å². The van der Waals surface area contributed by atoms with E-state index in [9.17, 15) is 22.4 Å². The smallest absolute Gasteiger partial charge is 0.419 e. The van der Waals surface area contributed by atoms with E-state index in [-0.39, 0.29) is 24.5 Å². The molecule has 0 radical (unpaired) electrons. The first-order chi connectivity index (χ1) is 20.7. The Labute approximate surface area is 267 Å². The van der Waals surface area contributed by atoms with Gasteiger partial charge in [-0.2, -0.15) is 18.4 Å². The van der Waals surface area contributed by atoms with E-state index in [1.165, 1.54) is 44.0 Å². The number of hydrogen-bond acceptors (Lipinski definition) is 5. The summed E-state index contributed by atoms with van der Waals surface area (Å²) in [5.41, 5.74) is 1.70. The number of phenols is 1. The first-order valence-electron chi connectivity index (χ1n) is 14.4. The van der Waals surface area contributed by atoms with Gasteiger partial charge >= 0.3 is 6.18 Å². The molecule has 0 bridgehead atoms. The molecule has 0 fully saturated rings. The lowest BCUT2D eigenvalue weighted by Crippen LogP contribution is -2.05. The molecule has 2 rings (SSSR count). The Hall–Kier alpha value is -4.19. The molecule has 1 N–H and O–H groups in total. The number of nitriles is 1. The molecule has 45 heavy (non-hydrogen) atoms. The monoisotopic (exact) mass is 634 g/mol. The van der Waals surface area contributed by atoms with Crippen molar-refractivity contribution in [3.63, 3.8) is 0 Å². The maximum Gasteiger partial charge on any atom is 0.419 e. The number of phenolic OH excluding ortho intramolecular Hbond substituents is 1. The summed E-state index contributed by atoms with van der Waals surface area (Å²) in [7, 11) is 1.58. The molecule has 0 heterocycles. The quantitative estimate of drug-likeness (QED) is 0.103. The summed E-state index contributed by atoms with van der Waals surface area (Å²) in [6.07, 6.45) is 4.07. The predicted molar refractivity (Wildman–Crippen MR) is 179 cm³/mol. The number of rotatable bonds is 8. The number of methoxy groups -OCH3 is 1. The van der Waals surface area contributed by atoms with Gasteiger partial charge in [-0.05, 0) is 80.3 Å². The third-order valence-electron chi connectivity index (χ3n) is 5.76. The number of alkyl halides is 3. The second kappa shape index (κ2) is 24.2. The van der Waals surface area contributed by atoms with Gasteiger partial charge in [-0.3, -0.25) is 4.79 Å². The molecule has 0 saturated heterocycles. The molecular formula is C36H50F4N2O3. The van der Waals surface area contributed by atoms with E-state index in [0.29, 0.717) is 28.8 Å². The van der Waals surface area contributed by atoms with Gasteiger partial charge in [0.2, 0.25) is 0 Å². The van der Waals surface area contributed by atoms with Crippen LogP contribution in [0.2, 0.25) is 0 Å². The van der Waals surface area contributed by atoms with Crippen molar-refractivity contribution in [2.24, 2.45) is 4.99 Å². The van der Waals surface area contributed by atoms with E-state index in [1.54, 1.807) is 45.3 Å². The largest absolute Gasteiger partial charge is 0.507 e. The maximum absolute atomic E-state index is 13.5. The summed E-state index contributed by atoms with van der Waals surface area (Å²) < 4.78 is 54.9. The molecule has 0 aliphatic rings. The van der Waals surface area contributed by atoms with E-state index < -0.39 is 23.3 Å². The van der Waals surface area contributed by atoms with Crippen molar-refractivity contribution < 1.29 is 32.2 Å². The third-order valence-corrected chi connectivity index (χ3v) is 5.76.